The maximum atomic E-state index is 12.5. The zero-order valence-electron chi connectivity index (χ0n) is 14.1. The number of ether oxygens (including phenoxy) is 2. The fourth-order valence-corrected chi connectivity index (χ4v) is 2.89. The van der Waals surface area contributed by atoms with Gasteiger partial charge < -0.3 is 20.5 Å². The third-order valence-electron chi connectivity index (χ3n) is 4.41. The number of primary amides is 1. The molecule has 130 valence electrons. The van der Waals surface area contributed by atoms with Gasteiger partial charge in [-0.25, -0.2) is 0 Å². The van der Waals surface area contributed by atoms with Crippen LogP contribution in [0.1, 0.15) is 28.3 Å². The molecule has 6 nitrogen and oxygen atoms in total. The number of carbonyl (C=O) groups is 2. The highest BCUT2D eigenvalue weighted by Crippen LogP contribution is 2.48. The van der Waals surface area contributed by atoms with Crippen LogP contribution >= 0.6 is 0 Å². The maximum Gasteiger partial charge on any atom is 0.248 e. The number of hydrogen-bond acceptors (Lipinski definition) is 4. The molecule has 2 aromatic carbocycles. The van der Waals surface area contributed by atoms with Gasteiger partial charge in [-0.05, 0) is 48.2 Å². The minimum atomic E-state index is -0.555. The standard InChI is InChI=1S/C19H20N2O4/c1-24-13-6-3-11(4-7-13)14-10-15(14)19(23)21-16-9-12(18(20)22)5-8-17(16)25-2/h3-9,14-15H,10H2,1-2H3,(H2,20,22)(H,21,23)/t14-,15-/m1/s1. The van der Waals surface area contributed by atoms with Crippen LogP contribution in [-0.2, 0) is 4.79 Å². The predicted molar refractivity (Wildman–Crippen MR) is 94.0 cm³/mol. The topological polar surface area (TPSA) is 90.6 Å². The number of benzene rings is 2. The first kappa shape index (κ1) is 16.8. The van der Waals surface area contributed by atoms with E-state index < -0.39 is 5.91 Å². The summed E-state index contributed by atoms with van der Waals surface area (Å²) in [5.74, 6) is 0.714. The molecule has 25 heavy (non-hydrogen) atoms. The molecule has 0 bridgehead atoms. The Morgan fingerprint density at radius 3 is 2.40 bits per heavy atom. The molecule has 3 N–H and O–H groups in total. The number of anilines is 1. The lowest BCUT2D eigenvalue weighted by molar-refractivity contribution is -0.117. The zero-order chi connectivity index (χ0) is 18.0. The molecule has 2 amide bonds. The Hall–Kier alpha value is -3.02. The lowest BCUT2D eigenvalue weighted by atomic mass is 10.1. The lowest BCUT2D eigenvalue weighted by Gasteiger charge is -2.11. The minimum Gasteiger partial charge on any atom is -0.497 e. The summed E-state index contributed by atoms with van der Waals surface area (Å²) in [5, 5.41) is 2.84. The van der Waals surface area contributed by atoms with Crippen molar-refractivity contribution in [1.82, 2.24) is 0 Å². The number of amides is 2. The Labute approximate surface area is 145 Å². The van der Waals surface area contributed by atoms with E-state index in [4.69, 9.17) is 15.2 Å². The van der Waals surface area contributed by atoms with Crippen molar-refractivity contribution in [2.75, 3.05) is 19.5 Å². The highest BCUT2D eigenvalue weighted by Gasteiger charge is 2.44. The molecule has 1 saturated carbocycles. The van der Waals surface area contributed by atoms with Gasteiger partial charge in [0.2, 0.25) is 11.8 Å². The van der Waals surface area contributed by atoms with E-state index in [1.807, 2.05) is 24.3 Å². The van der Waals surface area contributed by atoms with Crippen LogP contribution < -0.4 is 20.5 Å². The van der Waals surface area contributed by atoms with Crippen LogP contribution in [0.4, 0.5) is 5.69 Å². The van der Waals surface area contributed by atoms with Crippen LogP contribution in [0, 0.1) is 5.92 Å². The molecule has 0 radical (unpaired) electrons. The van der Waals surface area contributed by atoms with Crippen molar-refractivity contribution in [3.8, 4) is 11.5 Å². The number of nitrogens with one attached hydrogen (secondary N) is 1. The van der Waals surface area contributed by atoms with Gasteiger partial charge in [0.1, 0.15) is 11.5 Å². The number of rotatable bonds is 6. The molecule has 0 aliphatic heterocycles. The minimum absolute atomic E-state index is 0.0965. The summed E-state index contributed by atoms with van der Waals surface area (Å²) in [4.78, 5) is 23.9. The van der Waals surface area contributed by atoms with E-state index in [2.05, 4.69) is 5.32 Å². The van der Waals surface area contributed by atoms with E-state index in [9.17, 15) is 9.59 Å². The SMILES string of the molecule is COc1ccc([C@H]2C[C@H]2C(=O)Nc2cc(C(N)=O)ccc2OC)cc1. The third kappa shape index (κ3) is 3.57. The molecular weight excluding hydrogens is 320 g/mol. The molecule has 6 heteroatoms. The summed E-state index contributed by atoms with van der Waals surface area (Å²) in [6.07, 6.45) is 0.788. The first-order valence-electron chi connectivity index (χ1n) is 7.96. The van der Waals surface area contributed by atoms with Crippen molar-refractivity contribution in [3.05, 3.63) is 53.6 Å². The smallest absolute Gasteiger partial charge is 0.248 e. The quantitative estimate of drug-likeness (QED) is 0.845. The predicted octanol–water partition coefficient (Wildman–Crippen LogP) is 2.54. The van der Waals surface area contributed by atoms with Crippen LogP contribution in [-0.4, -0.2) is 26.0 Å². The Balaban J connectivity index is 1.71. The number of methoxy groups -OCH3 is 2. The van der Waals surface area contributed by atoms with Crippen molar-refractivity contribution in [2.45, 2.75) is 12.3 Å². The Kier molecular flexibility index (Phi) is 4.61. The van der Waals surface area contributed by atoms with Crippen molar-refractivity contribution in [3.63, 3.8) is 0 Å². The summed E-state index contributed by atoms with van der Waals surface area (Å²) >= 11 is 0. The first-order valence-corrected chi connectivity index (χ1v) is 7.96. The average molecular weight is 340 g/mol. The maximum absolute atomic E-state index is 12.5. The summed E-state index contributed by atoms with van der Waals surface area (Å²) in [7, 11) is 3.13. The van der Waals surface area contributed by atoms with Gasteiger partial charge in [-0.15, -0.1) is 0 Å². The summed E-state index contributed by atoms with van der Waals surface area (Å²) in [6.45, 7) is 0. The van der Waals surface area contributed by atoms with Gasteiger partial charge >= 0.3 is 0 Å². The largest absolute Gasteiger partial charge is 0.497 e. The van der Waals surface area contributed by atoms with Gasteiger partial charge in [-0.1, -0.05) is 12.1 Å². The van der Waals surface area contributed by atoms with Crippen molar-refractivity contribution < 1.29 is 19.1 Å². The molecular formula is C19H20N2O4. The van der Waals surface area contributed by atoms with E-state index in [1.54, 1.807) is 19.2 Å². The molecule has 1 aliphatic carbocycles. The van der Waals surface area contributed by atoms with Gasteiger partial charge in [0.15, 0.2) is 0 Å². The van der Waals surface area contributed by atoms with E-state index in [-0.39, 0.29) is 17.7 Å². The van der Waals surface area contributed by atoms with E-state index in [0.29, 0.717) is 17.0 Å². The molecule has 2 atom stereocenters. The van der Waals surface area contributed by atoms with Gasteiger partial charge in [-0.3, -0.25) is 9.59 Å². The van der Waals surface area contributed by atoms with E-state index in [0.717, 1.165) is 17.7 Å². The molecule has 0 saturated heterocycles. The molecule has 0 heterocycles. The second-order valence-electron chi connectivity index (χ2n) is 5.99. The van der Waals surface area contributed by atoms with Crippen LogP contribution in [0.3, 0.4) is 0 Å². The molecule has 2 aromatic rings. The molecule has 1 fully saturated rings. The van der Waals surface area contributed by atoms with Crippen molar-refractivity contribution >= 4 is 17.5 Å². The van der Waals surface area contributed by atoms with Gasteiger partial charge in [0.25, 0.3) is 0 Å². The number of carbonyl (C=O) groups excluding carboxylic acids is 2. The van der Waals surface area contributed by atoms with Gasteiger partial charge in [0, 0.05) is 11.5 Å². The lowest BCUT2D eigenvalue weighted by Crippen LogP contribution is -2.17. The van der Waals surface area contributed by atoms with Crippen LogP contribution in [0.25, 0.3) is 0 Å². The van der Waals surface area contributed by atoms with Crippen LogP contribution in [0.2, 0.25) is 0 Å². The fraction of sp³-hybridized carbons (Fsp3) is 0.263. The number of hydrogen-bond donors (Lipinski definition) is 2. The molecule has 0 unspecified atom stereocenters. The second kappa shape index (κ2) is 6.84. The Morgan fingerprint density at radius 2 is 1.80 bits per heavy atom. The third-order valence-corrected chi connectivity index (χ3v) is 4.41. The molecule has 0 spiro atoms. The summed E-state index contributed by atoms with van der Waals surface area (Å²) < 4.78 is 10.4. The molecule has 1 aliphatic rings. The van der Waals surface area contributed by atoms with Crippen LogP contribution in [0.15, 0.2) is 42.5 Å². The average Bonchev–Trinajstić information content (AvgIpc) is 3.42. The van der Waals surface area contributed by atoms with Gasteiger partial charge in [-0.2, -0.15) is 0 Å². The molecule has 0 aromatic heterocycles. The van der Waals surface area contributed by atoms with Crippen molar-refractivity contribution in [1.29, 1.82) is 0 Å². The van der Waals surface area contributed by atoms with E-state index >= 15 is 0 Å². The summed E-state index contributed by atoms with van der Waals surface area (Å²) in [5.41, 5.74) is 7.17. The second-order valence-corrected chi connectivity index (χ2v) is 5.99. The zero-order valence-corrected chi connectivity index (χ0v) is 14.1. The first-order chi connectivity index (χ1) is 12.0. The normalized spacial score (nSPS) is 18.3. The highest BCUT2D eigenvalue weighted by atomic mass is 16.5. The van der Waals surface area contributed by atoms with Gasteiger partial charge in [0.05, 0.1) is 19.9 Å². The van der Waals surface area contributed by atoms with E-state index in [1.165, 1.54) is 13.2 Å². The van der Waals surface area contributed by atoms with Crippen LogP contribution in [0.5, 0.6) is 11.5 Å². The Bertz CT molecular complexity index is 802. The monoisotopic (exact) mass is 340 g/mol. The number of nitrogens with two attached hydrogens (primary N) is 1. The fourth-order valence-electron chi connectivity index (χ4n) is 2.89. The summed E-state index contributed by atoms with van der Waals surface area (Å²) in [6, 6.07) is 12.4. The Morgan fingerprint density at radius 1 is 1.08 bits per heavy atom. The molecule has 3 rings (SSSR count). The van der Waals surface area contributed by atoms with Crippen molar-refractivity contribution in [2.24, 2.45) is 11.7 Å². The highest BCUT2D eigenvalue weighted by molar-refractivity contribution is 5.99.